The van der Waals surface area contributed by atoms with Crippen molar-refractivity contribution in [3.63, 3.8) is 0 Å². The SMILES string of the molecule is CC1(C)C(Br)=C(Cl)c2ccccc21. The van der Waals surface area contributed by atoms with Crippen LogP contribution in [-0.2, 0) is 5.41 Å². The van der Waals surface area contributed by atoms with E-state index in [0.717, 1.165) is 15.1 Å². The van der Waals surface area contributed by atoms with Gasteiger partial charge in [0.15, 0.2) is 0 Å². The molecule has 1 aliphatic rings. The van der Waals surface area contributed by atoms with E-state index in [1.165, 1.54) is 5.56 Å². The summed E-state index contributed by atoms with van der Waals surface area (Å²) in [5.41, 5.74) is 2.47. The molecule has 1 aliphatic carbocycles. The van der Waals surface area contributed by atoms with Crippen molar-refractivity contribution in [2.45, 2.75) is 19.3 Å². The summed E-state index contributed by atoms with van der Waals surface area (Å²) in [6.07, 6.45) is 0. The third-order valence-corrected chi connectivity index (χ3v) is 4.59. The highest BCUT2D eigenvalue weighted by Gasteiger charge is 2.35. The van der Waals surface area contributed by atoms with E-state index >= 15 is 0 Å². The second kappa shape index (κ2) is 2.86. The summed E-state index contributed by atoms with van der Waals surface area (Å²) >= 11 is 9.76. The lowest BCUT2D eigenvalue weighted by atomic mass is 9.87. The summed E-state index contributed by atoms with van der Waals surface area (Å²) in [4.78, 5) is 0. The van der Waals surface area contributed by atoms with Crippen molar-refractivity contribution in [2.75, 3.05) is 0 Å². The number of hydrogen-bond donors (Lipinski definition) is 0. The Balaban J connectivity index is 2.74. The molecule has 2 rings (SSSR count). The third-order valence-electron chi connectivity index (χ3n) is 2.58. The Bertz CT molecular complexity index is 391. The van der Waals surface area contributed by atoms with Crippen LogP contribution in [0.3, 0.4) is 0 Å². The molecule has 13 heavy (non-hydrogen) atoms. The molecule has 68 valence electrons. The number of halogens is 2. The van der Waals surface area contributed by atoms with E-state index in [0.29, 0.717) is 0 Å². The Hall–Kier alpha value is -0.270. The maximum Gasteiger partial charge on any atom is 0.0591 e. The van der Waals surface area contributed by atoms with Gasteiger partial charge in [0.25, 0.3) is 0 Å². The van der Waals surface area contributed by atoms with Gasteiger partial charge >= 0.3 is 0 Å². The number of rotatable bonds is 0. The minimum atomic E-state index is 0.0215. The van der Waals surface area contributed by atoms with E-state index in [4.69, 9.17) is 11.6 Å². The van der Waals surface area contributed by atoms with Crippen LogP contribution in [0.2, 0.25) is 0 Å². The molecule has 0 bridgehead atoms. The molecule has 0 atom stereocenters. The van der Waals surface area contributed by atoms with Crippen molar-refractivity contribution in [1.29, 1.82) is 0 Å². The Labute approximate surface area is 91.7 Å². The molecule has 0 N–H and O–H groups in total. The standard InChI is InChI=1S/C11H10BrCl/c1-11(2)8-6-4-3-5-7(8)9(13)10(11)12/h3-6H,1-2H3. The fourth-order valence-electron chi connectivity index (χ4n) is 1.73. The van der Waals surface area contributed by atoms with Gasteiger partial charge in [0.05, 0.1) is 5.03 Å². The Morgan fingerprint density at radius 1 is 1.23 bits per heavy atom. The quantitative estimate of drug-likeness (QED) is 0.651. The summed E-state index contributed by atoms with van der Waals surface area (Å²) < 4.78 is 1.09. The smallest absolute Gasteiger partial charge is 0.0591 e. The molecule has 0 saturated carbocycles. The van der Waals surface area contributed by atoms with Crippen LogP contribution < -0.4 is 0 Å². The molecule has 0 heterocycles. The van der Waals surface area contributed by atoms with Gasteiger partial charge in [-0.05, 0) is 11.1 Å². The molecular formula is C11H10BrCl. The lowest BCUT2D eigenvalue weighted by Gasteiger charge is -2.20. The summed E-state index contributed by atoms with van der Waals surface area (Å²) in [5.74, 6) is 0. The molecule has 0 nitrogen and oxygen atoms in total. The first kappa shape index (κ1) is 9.29. The van der Waals surface area contributed by atoms with Crippen LogP contribution in [0.4, 0.5) is 0 Å². The molecule has 0 aliphatic heterocycles. The van der Waals surface area contributed by atoms with Crippen molar-refractivity contribution in [3.05, 3.63) is 39.9 Å². The molecule has 0 unspecified atom stereocenters. The molecule has 0 radical (unpaired) electrons. The summed E-state index contributed by atoms with van der Waals surface area (Å²) in [6.45, 7) is 4.34. The van der Waals surface area contributed by atoms with Gasteiger partial charge in [0.1, 0.15) is 0 Å². The molecule has 0 saturated heterocycles. The molecule has 0 amide bonds. The van der Waals surface area contributed by atoms with E-state index in [2.05, 4.69) is 48.0 Å². The first-order chi connectivity index (χ1) is 6.05. The van der Waals surface area contributed by atoms with Crippen LogP contribution in [0.25, 0.3) is 5.03 Å². The van der Waals surface area contributed by atoms with Crippen molar-refractivity contribution in [1.82, 2.24) is 0 Å². The van der Waals surface area contributed by atoms with E-state index in [9.17, 15) is 0 Å². The highest BCUT2D eigenvalue weighted by molar-refractivity contribution is 9.12. The Morgan fingerprint density at radius 3 is 2.46 bits per heavy atom. The molecule has 1 aromatic rings. The van der Waals surface area contributed by atoms with Gasteiger partial charge in [0.2, 0.25) is 0 Å². The van der Waals surface area contributed by atoms with Gasteiger partial charge in [-0.3, -0.25) is 0 Å². The zero-order valence-corrected chi connectivity index (χ0v) is 9.91. The highest BCUT2D eigenvalue weighted by Crippen LogP contribution is 2.50. The van der Waals surface area contributed by atoms with Gasteiger partial charge in [-0.25, -0.2) is 0 Å². The van der Waals surface area contributed by atoms with Gasteiger partial charge in [0, 0.05) is 9.90 Å². The summed E-state index contributed by atoms with van der Waals surface area (Å²) in [7, 11) is 0. The normalized spacial score (nSPS) is 19.1. The fourth-order valence-corrected chi connectivity index (χ4v) is 2.56. The number of hydrogen-bond acceptors (Lipinski definition) is 0. The summed E-state index contributed by atoms with van der Waals surface area (Å²) in [5, 5.41) is 0.848. The molecule has 1 aromatic carbocycles. The topological polar surface area (TPSA) is 0 Å². The first-order valence-electron chi connectivity index (χ1n) is 4.21. The van der Waals surface area contributed by atoms with Crippen molar-refractivity contribution >= 4 is 32.6 Å². The predicted octanol–water partition coefficient (Wildman–Crippen LogP) is 4.28. The van der Waals surface area contributed by atoms with Crippen molar-refractivity contribution < 1.29 is 0 Å². The largest absolute Gasteiger partial charge is 0.0828 e. The zero-order chi connectivity index (χ0) is 9.64. The molecule has 0 fully saturated rings. The van der Waals surface area contributed by atoms with Gasteiger partial charge in [-0.1, -0.05) is 65.6 Å². The number of benzene rings is 1. The van der Waals surface area contributed by atoms with Crippen LogP contribution in [-0.4, -0.2) is 0 Å². The van der Waals surface area contributed by atoms with Crippen molar-refractivity contribution in [2.24, 2.45) is 0 Å². The zero-order valence-electron chi connectivity index (χ0n) is 7.57. The van der Waals surface area contributed by atoms with E-state index in [1.807, 2.05) is 6.07 Å². The average molecular weight is 258 g/mol. The number of allylic oxidation sites excluding steroid dienone is 1. The minimum Gasteiger partial charge on any atom is -0.0828 e. The van der Waals surface area contributed by atoms with Crippen LogP contribution in [0.1, 0.15) is 25.0 Å². The van der Waals surface area contributed by atoms with E-state index in [1.54, 1.807) is 0 Å². The molecular weight excluding hydrogens is 247 g/mol. The first-order valence-corrected chi connectivity index (χ1v) is 5.38. The lowest BCUT2D eigenvalue weighted by Crippen LogP contribution is -2.13. The lowest BCUT2D eigenvalue weighted by molar-refractivity contribution is 0.675. The molecule has 2 heteroatoms. The maximum absolute atomic E-state index is 6.21. The van der Waals surface area contributed by atoms with E-state index < -0.39 is 0 Å². The van der Waals surface area contributed by atoms with Crippen LogP contribution in [0, 0.1) is 0 Å². The van der Waals surface area contributed by atoms with Crippen molar-refractivity contribution in [3.8, 4) is 0 Å². The fraction of sp³-hybridized carbons (Fsp3) is 0.273. The van der Waals surface area contributed by atoms with Crippen LogP contribution >= 0.6 is 27.5 Å². The van der Waals surface area contributed by atoms with Crippen LogP contribution in [0.5, 0.6) is 0 Å². The average Bonchev–Trinajstić information content (AvgIpc) is 2.30. The molecule has 0 aromatic heterocycles. The Morgan fingerprint density at radius 2 is 1.85 bits per heavy atom. The van der Waals surface area contributed by atoms with Crippen LogP contribution in [0.15, 0.2) is 28.7 Å². The Kier molecular flexibility index (Phi) is 2.04. The monoisotopic (exact) mass is 256 g/mol. The maximum atomic E-state index is 6.21. The predicted molar refractivity (Wildman–Crippen MR) is 61.2 cm³/mol. The van der Waals surface area contributed by atoms with Gasteiger partial charge in [-0.2, -0.15) is 0 Å². The highest BCUT2D eigenvalue weighted by atomic mass is 79.9. The second-order valence-corrected chi connectivity index (χ2v) is 4.97. The van der Waals surface area contributed by atoms with Gasteiger partial charge < -0.3 is 0 Å². The van der Waals surface area contributed by atoms with Gasteiger partial charge in [-0.15, -0.1) is 0 Å². The molecule has 0 spiro atoms. The summed E-state index contributed by atoms with van der Waals surface area (Å²) in [6, 6.07) is 8.26. The minimum absolute atomic E-state index is 0.0215. The number of fused-ring (bicyclic) bond motifs is 1. The second-order valence-electron chi connectivity index (χ2n) is 3.80. The third kappa shape index (κ3) is 1.18. The van der Waals surface area contributed by atoms with E-state index in [-0.39, 0.29) is 5.41 Å².